The summed E-state index contributed by atoms with van der Waals surface area (Å²) in [6.45, 7) is 7.52. The fraction of sp³-hybridized carbons (Fsp3) is 0.647. The van der Waals surface area contributed by atoms with E-state index < -0.39 is 0 Å². The minimum Gasteiger partial charge on any atom is -0.368 e. The third-order valence-corrected chi connectivity index (χ3v) is 3.72. The molecule has 0 fully saturated rings. The Morgan fingerprint density at radius 3 is 2.95 bits per heavy atom. The summed E-state index contributed by atoms with van der Waals surface area (Å²) in [6.07, 6.45) is 15.1. The topological polar surface area (TPSA) is 24.1 Å². The van der Waals surface area contributed by atoms with E-state index >= 15 is 0 Å². The third kappa shape index (κ3) is 6.63. The molecule has 0 saturated carbocycles. The molecule has 108 valence electrons. The Morgan fingerprint density at radius 2 is 2.21 bits per heavy atom. The average Bonchev–Trinajstić information content (AvgIpc) is 2.43. The van der Waals surface area contributed by atoms with Gasteiger partial charge in [-0.25, -0.2) is 0 Å². The highest BCUT2D eigenvalue weighted by Gasteiger charge is 2.13. The zero-order chi connectivity index (χ0) is 13.9. The summed E-state index contributed by atoms with van der Waals surface area (Å²) in [4.78, 5) is 0. The van der Waals surface area contributed by atoms with Crippen LogP contribution < -0.4 is 10.6 Å². The van der Waals surface area contributed by atoms with Gasteiger partial charge >= 0.3 is 0 Å². The van der Waals surface area contributed by atoms with Crippen LogP contribution in [0, 0.1) is 5.92 Å². The van der Waals surface area contributed by atoms with Crippen molar-refractivity contribution in [3.8, 4) is 0 Å². The molecular formula is C17H30N2. The zero-order valence-corrected chi connectivity index (χ0v) is 12.7. The van der Waals surface area contributed by atoms with Crippen molar-refractivity contribution in [1.82, 2.24) is 10.6 Å². The van der Waals surface area contributed by atoms with Crippen LogP contribution in [0.15, 0.2) is 36.2 Å². The van der Waals surface area contributed by atoms with Crippen LogP contribution in [0.2, 0.25) is 0 Å². The zero-order valence-electron chi connectivity index (χ0n) is 12.7. The first-order chi connectivity index (χ1) is 9.27. The lowest BCUT2D eigenvalue weighted by Crippen LogP contribution is -2.13. The van der Waals surface area contributed by atoms with Gasteiger partial charge in [0.2, 0.25) is 0 Å². The van der Waals surface area contributed by atoms with Crippen molar-refractivity contribution in [2.75, 3.05) is 13.6 Å². The van der Waals surface area contributed by atoms with E-state index in [-0.39, 0.29) is 0 Å². The Hall–Kier alpha value is -1.02. The number of hydrogen-bond acceptors (Lipinski definition) is 2. The van der Waals surface area contributed by atoms with Gasteiger partial charge < -0.3 is 10.6 Å². The Labute approximate surface area is 119 Å². The second-order valence-corrected chi connectivity index (χ2v) is 5.45. The van der Waals surface area contributed by atoms with Crippen LogP contribution >= 0.6 is 0 Å². The first-order valence-electron chi connectivity index (χ1n) is 7.70. The number of rotatable bonds is 10. The van der Waals surface area contributed by atoms with Gasteiger partial charge in [-0.2, -0.15) is 0 Å². The number of unbranched alkanes of at least 4 members (excludes halogenated alkanes) is 1. The molecule has 2 N–H and O–H groups in total. The molecule has 0 aromatic carbocycles. The molecule has 0 amide bonds. The van der Waals surface area contributed by atoms with Crippen LogP contribution in [0.25, 0.3) is 0 Å². The van der Waals surface area contributed by atoms with Crippen molar-refractivity contribution in [1.29, 1.82) is 0 Å². The van der Waals surface area contributed by atoms with Gasteiger partial charge in [-0.05, 0) is 63.9 Å². The molecule has 0 spiro atoms. The molecule has 1 atom stereocenters. The lowest BCUT2D eigenvalue weighted by Gasteiger charge is -2.21. The van der Waals surface area contributed by atoms with E-state index in [1.54, 1.807) is 5.57 Å². The molecule has 0 saturated heterocycles. The van der Waals surface area contributed by atoms with Crippen LogP contribution in [-0.2, 0) is 0 Å². The maximum absolute atomic E-state index is 4.17. The molecule has 2 heteroatoms. The van der Waals surface area contributed by atoms with E-state index in [0.717, 1.165) is 13.0 Å². The molecule has 0 aliphatic carbocycles. The fourth-order valence-electron chi connectivity index (χ4n) is 2.57. The van der Waals surface area contributed by atoms with Crippen LogP contribution in [0.3, 0.4) is 0 Å². The normalized spacial score (nSPS) is 18.0. The molecule has 1 aliphatic rings. The summed E-state index contributed by atoms with van der Waals surface area (Å²) in [5.74, 6) is 0.615. The molecule has 0 radical (unpaired) electrons. The predicted molar refractivity (Wildman–Crippen MR) is 84.9 cm³/mol. The molecule has 1 unspecified atom stereocenters. The van der Waals surface area contributed by atoms with Gasteiger partial charge in [0, 0.05) is 12.1 Å². The smallest absolute Gasteiger partial charge is 0.00145 e. The first kappa shape index (κ1) is 16.0. The van der Waals surface area contributed by atoms with Crippen molar-refractivity contribution in [2.24, 2.45) is 5.92 Å². The third-order valence-electron chi connectivity index (χ3n) is 3.72. The fourth-order valence-corrected chi connectivity index (χ4v) is 2.57. The average molecular weight is 262 g/mol. The van der Waals surface area contributed by atoms with Crippen LogP contribution in [-0.4, -0.2) is 13.6 Å². The molecule has 0 aromatic heterocycles. The molecule has 0 bridgehead atoms. The Bertz CT molecular complexity index is 315. The highest BCUT2D eigenvalue weighted by Crippen LogP contribution is 2.27. The molecule has 2 nitrogen and oxygen atoms in total. The predicted octanol–water partition coefficient (Wildman–Crippen LogP) is 4.13. The lowest BCUT2D eigenvalue weighted by molar-refractivity contribution is 0.588. The summed E-state index contributed by atoms with van der Waals surface area (Å²) in [6, 6.07) is 0. The molecule has 0 aromatic rings. The Morgan fingerprint density at radius 1 is 1.37 bits per heavy atom. The van der Waals surface area contributed by atoms with Crippen molar-refractivity contribution in [3.63, 3.8) is 0 Å². The molecule has 19 heavy (non-hydrogen) atoms. The van der Waals surface area contributed by atoms with E-state index in [0.29, 0.717) is 5.92 Å². The highest BCUT2D eigenvalue weighted by molar-refractivity contribution is 5.18. The van der Waals surface area contributed by atoms with E-state index in [1.807, 2.05) is 7.05 Å². The lowest BCUT2D eigenvalue weighted by atomic mass is 9.88. The summed E-state index contributed by atoms with van der Waals surface area (Å²) in [7, 11) is 2.02. The highest BCUT2D eigenvalue weighted by atomic mass is 14.8. The number of nitrogens with one attached hydrogen (secondary N) is 2. The molecule has 1 heterocycles. The standard InChI is InChI=1S/C17H30N2/c1-4-7-15(2)9-10-16-11-13-19-14-17(16)8-5-6-12-18-3/h11,13-14,16,18-19H,2,4-10,12H2,1,3H3. The summed E-state index contributed by atoms with van der Waals surface area (Å²) in [5.41, 5.74) is 2.96. The largest absolute Gasteiger partial charge is 0.368 e. The van der Waals surface area contributed by atoms with Gasteiger partial charge in [0.25, 0.3) is 0 Å². The van der Waals surface area contributed by atoms with Gasteiger partial charge in [-0.3, -0.25) is 0 Å². The summed E-state index contributed by atoms with van der Waals surface area (Å²) < 4.78 is 0. The molecular weight excluding hydrogens is 232 g/mol. The maximum Gasteiger partial charge on any atom is 0.00145 e. The number of hydrogen-bond donors (Lipinski definition) is 2. The second kappa shape index (κ2) is 9.85. The summed E-state index contributed by atoms with van der Waals surface area (Å²) >= 11 is 0. The second-order valence-electron chi connectivity index (χ2n) is 5.45. The number of allylic oxidation sites excluding steroid dienone is 3. The van der Waals surface area contributed by atoms with Crippen LogP contribution in [0.5, 0.6) is 0 Å². The van der Waals surface area contributed by atoms with Crippen molar-refractivity contribution in [2.45, 2.75) is 51.9 Å². The van der Waals surface area contributed by atoms with E-state index in [1.165, 1.54) is 44.1 Å². The first-order valence-corrected chi connectivity index (χ1v) is 7.70. The van der Waals surface area contributed by atoms with Gasteiger partial charge in [-0.1, -0.05) is 31.6 Å². The van der Waals surface area contributed by atoms with Gasteiger partial charge in [0.05, 0.1) is 0 Å². The Kier molecular flexibility index (Phi) is 8.31. The van der Waals surface area contributed by atoms with Crippen molar-refractivity contribution >= 4 is 0 Å². The van der Waals surface area contributed by atoms with E-state index in [4.69, 9.17) is 0 Å². The van der Waals surface area contributed by atoms with E-state index in [2.05, 4.69) is 42.6 Å². The quantitative estimate of drug-likeness (QED) is 0.457. The monoisotopic (exact) mass is 262 g/mol. The van der Waals surface area contributed by atoms with E-state index in [9.17, 15) is 0 Å². The Balaban J connectivity index is 2.32. The van der Waals surface area contributed by atoms with Gasteiger partial charge in [-0.15, -0.1) is 0 Å². The van der Waals surface area contributed by atoms with Crippen molar-refractivity contribution < 1.29 is 0 Å². The minimum absolute atomic E-state index is 0.615. The minimum atomic E-state index is 0.615. The van der Waals surface area contributed by atoms with Crippen molar-refractivity contribution in [3.05, 3.63) is 36.2 Å². The summed E-state index contributed by atoms with van der Waals surface area (Å²) in [5, 5.41) is 6.45. The molecule has 1 rings (SSSR count). The van der Waals surface area contributed by atoms with Gasteiger partial charge in [0.15, 0.2) is 0 Å². The maximum atomic E-state index is 4.17. The van der Waals surface area contributed by atoms with Gasteiger partial charge in [0.1, 0.15) is 0 Å². The molecule has 1 aliphatic heterocycles. The van der Waals surface area contributed by atoms with Crippen LogP contribution in [0.4, 0.5) is 0 Å². The van der Waals surface area contributed by atoms with Crippen LogP contribution in [0.1, 0.15) is 51.9 Å². The SMILES string of the molecule is C=C(CCC)CCC1C=CNC=C1CCCCNC. The number of dihydropyridines is 1.